The molecule has 0 fully saturated rings. The van der Waals surface area contributed by atoms with E-state index >= 15 is 0 Å². The van der Waals surface area contributed by atoms with Crippen molar-refractivity contribution in [3.63, 3.8) is 0 Å². The van der Waals surface area contributed by atoms with Gasteiger partial charge in [-0.05, 0) is 116 Å². The highest BCUT2D eigenvalue weighted by Gasteiger charge is 2.20. The quantitative estimate of drug-likeness (QED) is 0.166. The second-order valence-corrected chi connectivity index (χ2v) is 13.8. The summed E-state index contributed by atoms with van der Waals surface area (Å²) in [6, 6.07) is 75.9. The van der Waals surface area contributed by atoms with E-state index in [9.17, 15) is 0 Å². The fourth-order valence-electron chi connectivity index (χ4n) is 7.75. The van der Waals surface area contributed by atoms with Crippen LogP contribution in [0.25, 0.3) is 77.2 Å². The van der Waals surface area contributed by atoms with Crippen molar-refractivity contribution in [1.29, 1.82) is 0 Å². The zero-order chi connectivity index (χ0) is 35.8. The Balaban J connectivity index is 1.08. The number of rotatable bonds is 7. The smallest absolute Gasteiger partial charge is 0.137 e. The van der Waals surface area contributed by atoms with E-state index in [0.29, 0.717) is 0 Å². The molecule has 0 aliphatic carbocycles. The summed E-state index contributed by atoms with van der Waals surface area (Å²) in [5.41, 5.74) is 14.5. The van der Waals surface area contributed by atoms with Crippen LogP contribution in [0.3, 0.4) is 0 Å². The number of benzene rings is 9. The number of fused-ring (bicyclic) bond motifs is 4. The van der Waals surface area contributed by atoms with Gasteiger partial charge in [0.2, 0.25) is 0 Å². The van der Waals surface area contributed by atoms with E-state index in [2.05, 4.69) is 205 Å². The van der Waals surface area contributed by atoms with E-state index in [4.69, 9.17) is 4.42 Å². The molecule has 0 amide bonds. The first-order valence-electron chi connectivity index (χ1n) is 18.4. The number of nitrogens with zero attached hydrogens (tertiary/aromatic N) is 1. The molecule has 0 aliphatic rings. The standard InChI is InChI=1S/C52H35NO/c1-2-12-36(13-3-1)40-16-8-18-42(32-40)44-20-10-21-47(35-44)53(49-23-11-25-51-52(49)48-22-6-7-24-50(48)54-51)46-30-28-38(29-31-46)41-17-9-19-43(33-41)45-27-26-37-14-4-5-15-39(37)34-45/h1-35H. The normalized spacial score (nSPS) is 11.3. The van der Waals surface area contributed by atoms with Gasteiger partial charge in [-0.25, -0.2) is 0 Å². The minimum atomic E-state index is 0.868. The van der Waals surface area contributed by atoms with Crippen LogP contribution in [0.15, 0.2) is 217 Å². The molecule has 0 N–H and O–H groups in total. The Morgan fingerprint density at radius 3 is 1.57 bits per heavy atom. The van der Waals surface area contributed by atoms with Crippen LogP contribution < -0.4 is 4.90 Å². The Bertz CT molecular complexity index is 2940. The van der Waals surface area contributed by atoms with Crippen LogP contribution in [-0.2, 0) is 0 Å². The Labute approximate surface area is 314 Å². The molecule has 10 rings (SSSR count). The predicted octanol–water partition coefficient (Wildman–Crippen LogP) is 14.9. The van der Waals surface area contributed by atoms with Gasteiger partial charge in [-0.1, -0.05) is 152 Å². The largest absolute Gasteiger partial charge is 0.456 e. The van der Waals surface area contributed by atoms with Gasteiger partial charge in [-0.15, -0.1) is 0 Å². The molecule has 0 saturated carbocycles. The lowest BCUT2D eigenvalue weighted by atomic mass is 9.97. The maximum atomic E-state index is 6.38. The molecule has 0 saturated heterocycles. The molecule has 10 aromatic rings. The summed E-state index contributed by atoms with van der Waals surface area (Å²) in [6.45, 7) is 0. The van der Waals surface area contributed by atoms with Crippen molar-refractivity contribution in [3.8, 4) is 44.5 Å². The average molecular weight is 690 g/mol. The number of anilines is 3. The summed E-state index contributed by atoms with van der Waals surface area (Å²) >= 11 is 0. The SMILES string of the molecule is c1ccc(-c2cccc(-c3cccc(N(c4ccc(-c5cccc(-c6ccc7ccccc7c6)c5)cc4)c4cccc5oc6ccccc6c45)c3)c2)cc1. The minimum Gasteiger partial charge on any atom is -0.456 e. The highest BCUT2D eigenvalue weighted by atomic mass is 16.3. The van der Waals surface area contributed by atoms with Crippen LogP contribution in [0, 0.1) is 0 Å². The maximum absolute atomic E-state index is 6.38. The molecule has 0 atom stereocenters. The zero-order valence-electron chi connectivity index (χ0n) is 29.6. The minimum absolute atomic E-state index is 0.868. The Morgan fingerprint density at radius 2 is 0.815 bits per heavy atom. The predicted molar refractivity (Wildman–Crippen MR) is 228 cm³/mol. The molecule has 2 heteroatoms. The van der Waals surface area contributed by atoms with Gasteiger partial charge >= 0.3 is 0 Å². The molecule has 254 valence electrons. The van der Waals surface area contributed by atoms with Crippen molar-refractivity contribution in [1.82, 2.24) is 0 Å². The Kier molecular flexibility index (Phi) is 7.85. The first-order valence-corrected chi connectivity index (χ1v) is 18.4. The number of hydrogen-bond acceptors (Lipinski definition) is 2. The lowest BCUT2D eigenvalue weighted by Crippen LogP contribution is -2.10. The molecule has 0 bridgehead atoms. The molecule has 0 unspecified atom stereocenters. The molecule has 0 aliphatic heterocycles. The second-order valence-electron chi connectivity index (χ2n) is 13.8. The van der Waals surface area contributed by atoms with Crippen molar-refractivity contribution < 1.29 is 4.42 Å². The fraction of sp³-hybridized carbons (Fsp3) is 0. The Hall–Kier alpha value is -7.16. The topological polar surface area (TPSA) is 16.4 Å². The number of furan rings is 1. The summed E-state index contributed by atoms with van der Waals surface area (Å²) in [5, 5.41) is 4.69. The molecule has 0 radical (unpaired) electrons. The summed E-state index contributed by atoms with van der Waals surface area (Å²) in [5.74, 6) is 0. The molecule has 54 heavy (non-hydrogen) atoms. The fourth-order valence-corrected chi connectivity index (χ4v) is 7.75. The van der Waals surface area contributed by atoms with Gasteiger partial charge in [0.1, 0.15) is 11.2 Å². The molecule has 1 heterocycles. The van der Waals surface area contributed by atoms with Crippen molar-refractivity contribution >= 4 is 49.8 Å². The van der Waals surface area contributed by atoms with Crippen molar-refractivity contribution in [3.05, 3.63) is 212 Å². The molecule has 0 spiro atoms. The van der Waals surface area contributed by atoms with Crippen molar-refractivity contribution in [2.45, 2.75) is 0 Å². The van der Waals surface area contributed by atoms with Gasteiger partial charge < -0.3 is 9.32 Å². The van der Waals surface area contributed by atoms with E-state index in [-0.39, 0.29) is 0 Å². The van der Waals surface area contributed by atoms with Crippen LogP contribution in [0.5, 0.6) is 0 Å². The highest BCUT2D eigenvalue weighted by molar-refractivity contribution is 6.13. The molecular weight excluding hydrogens is 655 g/mol. The van der Waals surface area contributed by atoms with E-state index in [1.54, 1.807) is 0 Å². The molecule has 1 aromatic heterocycles. The third-order valence-electron chi connectivity index (χ3n) is 10.4. The Morgan fingerprint density at radius 1 is 0.296 bits per heavy atom. The average Bonchev–Trinajstić information content (AvgIpc) is 3.64. The van der Waals surface area contributed by atoms with Gasteiger partial charge in [-0.2, -0.15) is 0 Å². The third-order valence-corrected chi connectivity index (χ3v) is 10.4. The molecule has 9 aromatic carbocycles. The summed E-state index contributed by atoms with van der Waals surface area (Å²) in [7, 11) is 0. The van der Waals surface area contributed by atoms with Crippen LogP contribution in [-0.4, -0.2) is 0 Å². The third kappa shape index (κ3) is 5.81. The van der Waals surface area contributed by atoms with Gasteiger partial charge in [0.15, 0.2) is 0 Å². The van der Waals surface area contributed by atoms with Gasteiger partial charge in [0.25, 0.3) is 0 Å². The number of para-hydroxylation sites is 1. The van der Waals surface area contributed by atoms with Gasteiger partial charge in [0.05, 0.1) is 11.1 Å². The van der Waals surface area contributed by atoms with E-state index < -0.39 is 0 Å². The lowest BCUT2D eigenvalue weighted by molar-refractivity contribution is 0.669. The highest BCUT2D eigenvalue weighted by Crippen LogP contribution is 2.44. The van der Waals surface area contributed by atoms with Crippen LogP contribution >= 0.6 is 0 Å². The second kappa shape index (κ2) is 13.4. The molecular formula is C52H35NO. The van der Waals surface area contributed by atoms with Crippen LogP contribution in [0.2, 0.25) is 0 Å². The first kappa shape index (κ1) is 31.6. The van der Waals surface area contributed by atoms with Crippen LogP contribution in [0.1, 0.15) is 0 Å². The van der Waals surface area contributed by atoms with Crippen LogP contribution in [0.4, 0.5) is 17.1 Å². The molecule has 2 nitrogen and oxygen atoms in total. The lowest BCUT2D eigenvalue weighted by Gasteiger charge is -2.27. The van der Waals surface area contributed by atoms with Crippen molar-refractivity contribution in [2.75, 3.05) is 4.90 Å². The van der Waals surface area contributed by atoms with Gasteiger partial charge in [-0.3, -0.25) is 0 Å². The summed E-state index contributed by atoms with van der Waals surface area (Å²) < 4.78 is 6.38. The maximum Gasteiger partial charge on any atom is 0.137 e. The number of hydrogen-bond donors (Lipinski definition) is 0. The summed E-state index contributed by atoms with van der Waals surface area (Å²) in [4.78, 5) is 2.37. The van der Waals surface area contributed by atoms with E-state index in [1.807, 2.05) is 12.1 Å². The van der Waals surface area contributed by atoms with E-state index in [1.165, 1.54) is 49.7 Å². The zero-order valence-corrected chi connectivity index (χ0v) is 29.6. The van der Waals surface area contributed by atoms with E-state index in [0.717, 1.165) is 44.6 Å². The monoisotopic (exact) mass is 689 g/mol. The summed E-state index contributed by atoms with van der Waals surface area (Å²) in [6.07, 6.45) is 0. The van der Waals surface area contributed by atoms with Gasteiger partial charge in [0, 0.05) is 16.8 Å². The first-order chi connectivity index (χ1) is 26.7. The van der Waals surface area contributed by atoms with Crippen molar-refractivity contribution in [2.24, 2.45) is 0 Å².